The normalized spacial score (nSPS) is 14.9. The molecule has 1 aromatic carbocycles. The summed E-state index contributed by atoms with van der Waals surface area (Å²) in [6.45, 7) is 5.38. The number of ether oxygens (including phenoxy) is 1. The zero-order valence-electron chi connectivity index (χ0n) is 11.1. The number of carbonyl (C=O) groups is 1. The maximum Gasteiger partial charge on any atom is 0.304 e. The molecular weight excluding hydrogens is 230 g/mol. The molecule has 4 heteroatoms. The number of para-hydroxylation sites is 1. The van der Waals surface area contributed by atoms with Crippen molar-refractivity contribution in [1.29, 1.82) is 0 Å². The van der Waals surface area contributed by atoms with Gasteiger partial charge in [0.15, 0.2) is 0 Å². The first kappa shape index (κ1) is 12.7. The first-order valence-electron chi connectivity index (χ1n) is 6.11. The average molecular weight is 249 g/mol. The summed E-state index contributed by atoms with van der Waals surface area (Å²) in [5.41, 5.74) is 1.57. The van der Waals surface area contributed by atoms with Crippen molar-refractivity contribution in [3.05, 3.63) is 23.8 Å². The van der Waals surface area contributed by atoms with Crippen LogP contribution >= 0.6 is 0 Å². The lowest BCUT2D eigenvalue weighted by atomic mass is 9.80. The fourth-order valence-electron chi connectivity index (χ4n) is 2.39. The molecule has 0 amide bonds. The highest BCUT2D eigenvalue weighted by atomic mass is 16.5. The number of rotatable bonds is 3. The molecule has 0 aliphatic carbocycles. The monoisotopic (exact) mass is 249 g/mol. The molecular formula is C14H19NO3. The topological polar surface area (TPSA) is 49.8 Å². The van der Waals surface area contributed by atoms with Crippen LogP contribution < -0.4 is 9.64 Å². The van der Waals surface area contributed by atoms with Gasteiger partial charge in [0.2, 0.25) is 0 Å². The SMILES string of the molecule is CN1CCOc2c1cccc2C(C)(C)CC(=O)O. The maximum atomic E-state index is 11.0. The number of fused-ring (bicyclic) bond motifs is 1. The van der Waals surface area contributed by atoms with Gasteiger partial charge in [-0.2, -0.15) is 0 Å². The molecule has 18 heavy (non-hydrogen) atoms. The molecule has 0 radical (unpaired) electrons. The second kappa shape index (κ2) is 4.52. The second-order valence-electron chi connectivity index (χ2n) is 5.38. The van der Waals surface area contributed by atoms with Gasteiger partial charge in [0, 0.05) is 18.0 Å². The zero-order chi connectivity index (χ0) is 13.3. The predicted molar refractivity (Wildman–Crippen MR) is 70.5 cm³/mol. The highest BCUT2D eigenvalue weighted by molar-refractivity contribution is 5.71. The molecule has 1 aliphatic heterocycles. The van der Waals surface area contributed by atoms with Crippen LogP contribution in [-0.4, -0.2) is 31.3 Å². The Balaban J connectivity index is 2.45. The lowest BCUT2D eigenvalue weighted by molar-refractivity contribution is -0.138. The van der Waals surface area contributed by atoms with Crippen LogP contribution in [0.15, 0.2) is 18.2 Å². The van der Waals surface area contributed by atoms with Crippen LogP contribution in [0.3, 0.4) is 0 Å². The Morgan fingerprint density at radius 1 is 1.50 bits per heavy atom. The van der Waals surface area contributed by atoms with Crippen molar-refractivity contribution in [1.82, 2.24) is 0 Å². The summed E-state index contributed by atoms with van der Waals surface area (Å²) in [4.78, 5) is 13.1. The van der Waals surface area contributed by atoms with E-state index < -0.39 is 11.4 Å². The van der Waals surface area contributed by atoms with Gasteiger partial charge in [-0.1, -0.05) is 26.0 Å². The summed E-state index contributed by atoms with van der Waals surface area (Å²) >= 11 is 0. The van der Waals surface area contributed by atoms with E-state index in [4.69, 9.17) is 9.84 Å². The molecule has 4 nitrogen and oxygen atoms in total. The summed E-state index contributed by atoms with van der Waals surface area (Å²) in [6.07, 6.45) is 0.0938. The molecule has 0 unspecified atom stereocenters. The standard InChI is InChI=1S/C14H19NO3/c1-14(2,9-12(16)17)10-5-4-6-11-13(10)18-8-7-15(11)3/h4-6H,7-9H2,1-3H3,(H,16,17). The Bertz CT molecular complexity index is 468. The minimum absolute atomic E-state index is 0.0938. The van der Waals surface area contributed by atoms with Gasteiger partial charge in [0.1, 0.15) is 12.4 Å². The lowest BCUT2D eigenvalue weighted by Crippen LogP contribution is -2.31. The van der Waals surface area contributed by atoms with E-state index in [1.54, 1.807) is 0 Å². The van der Waals surface area contributed by atoms with Crippen LogP contribution in [0.25, 0.3) is 0 Å². The average Bonchev–Trinajstić information content (AvgIpc) is 2.27. The second-order valence-corrected chi connectivity index (χ2v) is 5.38. The molecule has 98 valence electrons. The third kappa shape index (κ3) is 2.28. The van der Waals surface area contributed by atoms with Crippen LogP contribution in [-0.2, 0) is 10.2 Å². The highest BCUT2D eigenvalue weighted by Crippen LogP contribution is 2.41. The number of carboxylic acids is 1. The van der Waals surface area contributed by atoms with E-state index in [0.29, 0.717) is 6.61 Å². The van der Waals surface area contributed by atoms with Gasteiger partial charge in [0.25, 0.3) is 0 Å². The van der Waals surface area contributed by atoms with E-state index in [1.165, 1.54) is 0 Å². The van der Waals surface area contributed by atoms with Gasteiger partial charge in [-0.05, 0) is 6.07 Å². The van der Waals surface area contributed by atoms with Gasteiger partial charge in [-0.15, -0.1) is 0 Å². The Morgan fingerprint density at radius 3 is 2.89 bits per heavy atom. The van der Waals surface area contributed by atoms with E-state index in [1.807, 2.05) is 39.1 Å². The molecule has 1 aromatic rings. The Hall–Kier alpha value is -1.71. The van der Waals surface area contributed by atoms with Gasteiger partial charge in [0.05, 0.1) is 18.7 Å². The Labute approximate surface area is 107 Å². The smallest absolute Gasteiger partial charge is 0.304 e. The van der Waals surface area contributed by atoms with Crippen molar-refractivity contribution < 1.29 is 14.6 Å². The van der Waals surface area contributed by atoms with Crippen molar-refractivity contribution in [3.63, 3.8) is 0 Å². The van der Waals surface area contributed by atoms with Crippen LogP contribution in [0.1, 0.15) is 25.8 Å². The minimum atomic E-state index is -0.790. The molecule has 1 aliphatic rings. The molecule has 0 fully saturated rings. The maximum absolute atomic E-state index is 11.0. The fourth-order valence-corrected chi connectivity index (χ4v) is 2.39. The highest BCUT2D eigenvalue weighted by Gasteiger charge is 2.30. The molecule has 0 saturated heterocycles. The first-order valence-corrected chi connectivity index (χ1v) is 6.11. The van der Waals surface area contributed by atoms with Gasteiger partial charge in [-0.25, -0.2) is 0 Å². The van der Waals surface area contributed by atoms with E-state index in [0.717, 1.165) is 23.5 Å². The van der Waals surface area contributed by atoms with E-state index in [-0.39, 0.29) is 6.42 Å². The molecule has 0 saturated carbocycles. The van der Waals surface area contributed by atoms with Crippen LogP contribution in [0.4, 0.5) is 5.69 Å². The quantitative estimate of drug-likeness (QED) is 0.892. The lowest BCUT2D eigenvalue weighted by Gasteiger charge is -2.33. The number of likely N-dealkylation sites (N-methyl/N-ethyl adjacent to an activating group) is 1. The summed E-state index contributed by atoms with van der Waals surface area (Å²) < 4.78 is 5.76. The van der Waals surface area contributed by atoms with E-state index in [2.05, 4.69) is 4.90 Å². The molecule has 0 bridgehead atoms. The molecule has 1 N–H and O–H groups in total. The molecule has 0 spiro atoms. The molecule has 2 rings (SSSR count). The number of hydrogen-bond acceptors (Lipinski definition) is 3. The number of carboxylic acid groups (broad SMARTS) is 1. The number of nitrogens with zero attached hydrogens (tertiary/aromatic N) is 1. The van der Waals surface area contributed by atoms with E-state index in [9.17, 15) is 4.79 Å². The van der Waals surface area contributed by atoms with Crippen molar-refractivity contribution in [3.8, 4) is 5.75 Å². The predicted octanol–water partition coefficient (Wildman–Crippen LogP) is 2.27. The van der Waals surface area contributed by atoms with Crippen LogP contribution in [0.5, 0.6) is 5.75 Å². The van der Waals surface area contributed by atoms with Gasteiger partial charge < -0.3 is 14.7 Å². The van der Waals surface area contributed by atoms with Crippen molar-refractivity contribution in [2.45, 2.75) is 25.7 Å². The first-order chi connectivity index (χ1) is 8.42. The van der Waals surface area contributed by atoms with Crippen LogP contribution in [0.2, 0.25) is 0 Å². The Morgan fingerprint density at radius 2 is 2.22 bits per heavy atom. The summed E-state index contributed by atoms with van der Waals surface area (Å²) in [5, 5.41) is 9.02. The zero-order valence-corrected chi connectivity index (χ0v) is 11.1. The van der Waals surface area contributed by atoms with Gasteiger partial charge in [-0.3, -0.25) is 4.79 Å². The summed E-state index contributed by atoms with van der Waals surface area (Å²) in [5.74, 6) is 0.0410. The third-order valence-electron chi connectivity index (χ3n) is 3.40. The fraction of sp³-hybridized carbons (Fsp3) is 0.500. The van der Waals surface area contributed by atoms with Crippen molar-refractivity contribution in [2.24, 2.45) is 0 Å². The summed E-state index contributed by atoms with van der Waals surface area (Å²) in [7, 11) is 2.02. The van der Waals surface area contributed by atoms with Gasteiger partial charge >= 0.3 is 5.97 Å². The van der Waals surface area contributed by atoms with Crippen LogP contribution in [0, 0.1) is 0 Å². The molecule has 0 atom stereocenters. The molecule has 1 heterocycles. The molecule has 0 aromatic heterocycles. The number of hydrogen-bond donors (Lipinski definition) is 1. The van der Waals surface area contributed by atoms with Crippen molar-refractivity contribution >= 4 is 11.7 Å². The number of anilines is 1. The van der Waals surface area contributed by atoms with Crippen molar-refractivity contribution in [2.75, 3.05) is 25.1 Å². The number of benzene rings is 1. The Kier molecular flexibility index (Phi) is 3.20. The summed E-state index contributed by atoms with van der Waals surface area (Å²) in [6, 6.07) is 5.93. The third-order valence-corrected chi connectivity index (χ3v) is 3.40. The van der Waals surface area contributed by atoms with E-state index >= 15 is 0 Å². The minimum Gasteiger partial charge on any atom is -0.489 e. The largest absolute Gasteiger partial charge is 0.489 e. The number of aliphatic carboxylic acids is 1.